The summed E-state index contributed by atoms with van der Waals surface area (Å²) >= 11 is 6.14. The summed E-state index contributed by atoms with van der Waals surface area (Å²) in [4.78, 5) is 11.4. The van der Waals surface area contributed by atoms with Crippen LogP contribution in [0.4, 0.5) is 0 Å². The van der Waals surface area contributed by atoms with E-state index < -0.39 is 11.4 Å². The second kappa shape index (κ2) is 3.79. The van der Waals surface area contributed by atoms with Crippen LogP contribution in [0.1, 0.15) is 30.9 Å². The van der Waals surface area contributed by atoms with Crippen molar-refractivity contribution in [3.05, 3.63) is 22.2 Å². The Morgan fingerprint density at radius 3 is 2.67 bits per heavy atom. The number of carboxylic acid groups (broad SMARTS) is 1. The molecule has 0 saturated heterocycles. The standard InChI is InChI=1S/C13H13ClO4/c1-2-7-8(13(3-4-13)12(15)16)5-9(14)11-10(7)17-6-18-11/h5H,2-4,6H2,1H3,(H,15,16). The van der Waals surface area contributed by atoms with Gasteiger partial charge in [0, 0.05) is 5.56 Å². The number of hydrogen-bond acceptors (Lipinski definition) is 3. The van der Waals surface area contributed by atoms with E-state index >= 15 is 0 Å². The Morgan fingerprint density at radius 2 is 2.11 bits per heavy atom. The van der Waals surface area contributed by atoms with Gasteiger partial charge in [-0.15, -0.1) is 0 Å². The summed E-state index contributed by atoms with van der Waals surface area (Å²) in [5, 5.41) is 9.83. The van der Waals surface area contributed by atoms with E-state index in [1.165, 1.54) is 0 Å². The van der Waals surface area contributed by atoms with E-state index in [4.69, 9.17) is 21.1 Å². The fraction of sp³-hybridized carbons (Fsp3) is 0.462. The number of carbonyl (C=O) groups is 1. The number of aliphatic carboxylic acids is 1. The van der Waals surface area contributed by atoms with Crippen molar-refractivity contribution in [2.45, 2.75) is 31.6 Å². The number of ether oxygens (including phenoxy) is 2. The molecule has 0 aromatic heterocycles. The zero-order valence-electron chi connectivity index (χ0n) is 9.96. The van der Waals surface area contributed by atoms with E-state index in [0.717, 1.165) is 11.1 Å². The average Bonchev–Trinajstić information content (AvgIpc) is 3.01. The second-order valence-electron chi connectivity index (χ2n) is 4.69. The number of benzene rings is 1. The Bertz CT molecular complexity index is 534. The molecule has 2 aliphatic rings. The summed E-state index contributed by atoms with van der Waals surface area (Å²) in [7, 11) is 0. The van der Waals surface area contributed by atoms with Gasteiger partial charge in [-0.05, 0) is 30.9 Å². The molecule has 1 saturated carbocycles. The Hall–Kier alpha value is -1.42. The lowest BCUT2D eigenvalue weighted by Gasteiger charge is -2.17. The van der Waals surface area contributed by atoms with Gasteiger partial charge in [0.1, 0.15) is 0 Å². The van der Waals surface area contributed by atoms with Gasteiger partial charge in [0.15, 0.2) is 11.5 Å². The van der Waals surface area contributed by atoms with Crippen molar-refractivity contribution >= 4 is 17.6 Å². The smallest absolute Gasteiger partial charge is 0.314 e. The molecule has 1 heterocycles. The highest BCUT2D eigenvalue weighted by molar-refractivity contribution is 6.32. The van der Waals surface area contributed by atoms with Crippen LogP contribution in [0.15, 0.2) is 6.07 Å². The van der Waals surface area contributed by atoms with Gasteiger partial charge in [-0.2, -0.15) is 0 Å². The first-order valence-corrected chi connectivity index (χ1v) is 6.33. The maximum atomic E-state index is 11.4. The Balaban J connectivity index is 2.22. The Morgan fingerprint density at radius 1 is 1.44 bits per heavy atom. The van der Waals surface area contributed by atoms with Gasteiger partial charge < -0.3 is 14.6 Å². The van der Waals surface area contributed by atoms with Crippen molar-refractivity contribution < 1.29 is 19.4 Å². The molecular formula is C13H13ClO4. The van der Waals surface area contributed by atoms with Gasteiger partial charge in [-0.25, -0.2) is 0 Å². The van der Waals surface area contributed by atoms with E-state index in [2.05, 4.69) is 0 Å². The molecular weight excluding hydrogens is 256 g/mol. The van der Waals surface area contributed by atoms with Crippen LogP contribution in [0.3, 0.4) is 0 Å². The van der Waals surface area contributed by atoms with Crippen LogP contribution in [0.5, 0.6) is 11.5 Å². The van der Waals surface area contributed by atoms with Crippen LogP contribution in [0, 0.1) is 0 Å². The molecule has 4 nitrogen and oxygen atoms in total. The molecule has 0 unspecified atom stereocenters. The monoisotopic (exact) mass is 268 g/mol. The minimum Gasteiger partial charge on any atom is -0.481 e. The SMILES string of the molecule is CCc1c(C2(C(=O)O)CC2)cc(Cl)c2c1OCO2. The van der Waals surface area contributed by atoms with Crippen LogP contribution in [0.25, 0.3) is 0 Å². The van der Waals surface area contributed by atoms with E-state index in [0.29, 0.717) is 35.8 Å². The molecule has 0 amide bonds. The van der Waals surface area contributed by atoms with Crippen LogP contribution in [-0.2, 0) is 16.6 Å². The minimum atomic E-state index is -0.785. The zero-order chi connectivity index (χ0) is 12.9. The highest BCUT2D eigenvalue weighted by atomic mass is 35.5. The van der Waals surface area contributed by atoms with E-state index in [-0.39, 0.29) is 6.79 Å². The minimum absolute atomic E-state index is 0.144. The van der Waals surface area contributed by atoms with Crippen molar-refractivity contribution in [2.24, 2.45) is 0 Å². The predicted octanol–water partition coefficient (Wildman–Crippen LogP) is 2.75. The lowest BCUT2D eigenvalue weighted by molar-refractivity contribution is -0.140. The van der Waals surface area contributed by atoms with Gasteiger partial charge in [-0.1, -0.05) is 18.5 Å². The van der Waals surface area contributed by atoms with Gasteiger partial charge in [0.25, 0.3) is 0 Å². The Labute approximate surface area is 109 Å². The molecule has 1 aromatic carbocycles. The van der Waals surface area contributed by atoms with Gasteiger partial charge >= 0.3 is 5.97 Å². The van der Waals surface area contributed by atoms with Gasteiger partial charge in [0.2, 0.25) is 6.79 Å². The van der Waals surface area contributed by atoms with E-state index in [1.807, 2.05) is 6.92 Å². The summed E-state index contributed by atoms with van der Waals surface area (Å²) < 4.78 is 10.8. The highest BCUT2D eigenvalue weighted by Crippen LogP contribution is 2.54. The van der Waals surface area contributed by atoms with Crippen molar-refractivity contribution in [2.75, 3.05) is 6.79 Å². The number of hydrogen-bond donors (Lipinski definition) is 1. The summed E-state index contributed by atoms with van der Waals surface area (Å²) in [5.41, 5.74) is 0.925. The summed E-state index contributed by atoms with van der Waals surface area (Å²) in [6.45, 7) is 2.12. The van der Waals surface area contributed by atoms with E-state index in [9.17, 15) is 9.90 Å². The van der Waals surface area contributed by atoms with Gasteiger partial charge in [0.05, 0.1) is 10.4 Å². The molecule has 96 valence electrons. The maximum Gasteiger partial charge on any atom is 0.314 e. The topological polar surface area (TPSA) is 55.8 Å². The molecule has 0 bridgehead atoms. The molecule has 0 atom stereocenters. The third-order valence-corrected chi connectivity index (χ3v) is 4.01. The van der Waals surface area contributed by atoms with Crippen molar-refractivity contribution in [3.8, 4) is 11.5 Å². The molecule has 3 rings (SSSR count). The van der Waals surface area contributed by atoms with Gasteiger partial charge in [-0.3, -0.25) is 4.79 Å². The zero-order valence-corrected chi connectivity index (χ0v) is 10.7. The van der Waals surface area contributed by atoms with Crippen molar-refractivity contribution in [1.29, 1.82) is 0 Å². The summed E-state index contributed by atoms with van der Waals surface area (Å²) in [6.07, 6.45) is 2.02. The first-order chi connectivity index (χ1) is 8.60. The van der Waals surface area contributed by atoms with E-state index in [1.54, 1.807) is 6.07 Å². The lowest BCUT2D eigenvalue weighted by atomic mass is 9.89. The molecule has 1 aliphatic carbocycles. The predicted molar refractivity (Wildman–Crippen MR) is 65.5 cm³/mol. The molecule has 1 fully saturated rings. The number of rotatable bonds is 3. The first-order valence-electron chi connectivity index (χ1n) is 5.95. The summed E-state index contributed by atoms with van der Waals surface area (Å²) in [6, 6.07) is 1.73. The normalized spacial score (nSPS) is 18.8. The average molecular weight is 269 g/mol. The lowest BCUT2D eigenvalue weighted by Crippen LogP contribution is -2.21. The molecule has 1 aromatic rings. The maximum absolute atomic E-state index is 11.4. The molecule has 0 spiro atoms. The molecule has 0 radical (unpaired) electrons. The summed E-state index contributed by atoms with van der Waals surface area (Å²) in [5.74, 6) is 0.373. The fourth-order valence-electron chi connectivity index (χ4n) is 2.58. The number of carboxylic acids is 1. The molecule has 5 heteroatoms. The molecule has 1 aliphatic heterocycles. The number of halogens is 1. The molecule has 1 N–H and O–H groups in total. The molecule has 18 heavy (non-hydrogen) atoms. The van der Waals surface area contributed by atoms with Crippen LogP contribution in [0.2, 0.25) is 5.02 Å². The Kier molecular flexibility index (Phi) is 2.45. The van der Waals surface area contributed by atoms with Crippen molar-refractivity contribution in [3.63, 3.8) is 0 Å². The fourth-order valence-corrected chi connectivity index (χ4v) is 2.83. The third kappa shape index (κ3) is 1.42. The quantitative estimate of drug-likeness (QED) is 0.916. The van der Waals surface area contributed by atoms with Crippen LogP contribution < -0.4 is 9.47 Å². The van der Waals surface area contributed by atoms with Crippen molar-refractivity contribution in [1.82, 2.24) is 0 Å². The van der Waals surface area contributed by atoms with Crippen LogP contribution in [-0.4, -0.2) is 17.9 Å². The largest absolute Gasteiger partial charge is 0.481 e. The first kappa shape index (κ1) is 11.7. The number of fused-ring (bicyclic) bond motifs is 1. The second-order valence-corrected chi connectivity index (χ2v) is 5.10. The van der Waals surface area contributed by atoms with Crippen LogP contribution >= 0.6 is 11.6 Å². The highest BCUT2D eigenvalue weighted by Gasteiger charge is 2.53. The third-order valence-electron chi connectivity index (χ3n) is 3.73.